The summed E-state index contributed by atoms with van der Waals surface area (Å²) < 4.78 is 26.3. The molecule has 0 fully saturated rings. The highest BCUT2D eigenvalue weighted by atomic mass is 16.6. The van der Waals surface area contributed by atoms with E-state index in [-0.39, 0.29) is 29.4 Å². The van der Waals surface area contributed by atoms with Crippen LogP contribution in [0.25, 0.3) is 0 Å². The Morgan fingerprint density at radius 3 is 2.12 bits per heavy atom. The molecule has 0 spiro atoms. The highest BCUT2D eigenvalue weighted by molar-refractivity contribution is 5.93. The fraction of sp³-hybridized carbons (Fsp3) is 0.318. The second-order valence-electron chi connectivity index (χ2n) is 6.54. The maximum Gasteiger partial charge on any atom is 0.339 e. The lowest BCUT2D eigenvalue weighted by molar-refractivity contribution is -0.129. The van der Waals surface area contributed by atoms with E-state index in [0.717, 1.165) is 5.56 Å². The number of carbonyl (C=O) groups is 3. The number of para-hydroxylation sites is 1. The standard InChI is InChI=1S/C22H26N2O8/c1-13(21(26)24-11-14-7-5-6-8-16(14)28-2)32-22(27)15-9-17(29-3)20(18(10-15)30-4)31-12-19(23)25/h5-10,13H,11-12H2,1-4H3,(H2,23,25)(H,24,26). The first kappa shape index (κ1) is 24.3. The van der Waals surface area contributed by atoms with Gasteiger partial charge in [-0.2, -0.15) is 0 Å². The predicted molar refractivity (Wildman–Crippen MR) is 114 cm³/mol. The first-order chi connectivity index (χ1) is 15.3. The normalized spacial score (nSPS) is 11.1. The van der Waals surface area contributed by atoms with Gasteiger partial charge in [0.15, 0.2) is 24.2 Å². The second kappa shape index (κ2) is 11.4. The van der Waals surface area contributed by atoms with Crippen LogP contribution in [0.5, 0.6) is 23.0 Å². The van der Waals surface area contributed by atoms with Gasteiger partial charge >= 0.3 is 5.97 Å². The minimum atomic E-state index is -1.07. The molecular weight excluding hydrogens is 420 g/mol. The van der Waals surface area contributed by atoms with Crippen LogP contribution in [0.2, 0.25) is 0 Å². The Balaban J connectivity index is 2.08. The number of ether oxygens (including phenoxy) is 5. The van der Waals surface area contributed by atoms with Crippen molar-refractivity contribution >= 4 is 17.8 Å². The predicted octanol–water partition coefficient (Wildman–Crippen LogP) is 1.44. The van der Waals surface area contributed by atoms with Crippen LogP contribution in [0.1, 0.15) is 22.8 Å². The number of nitrogens with two attached hydrogens (primary N) is 1. The van der Waals surface area contributed by atoms with Gasteiger partial charge in [-0.1, -0.05) is 18.2 Å². The minimum Gasteiger partial charge on any atom is -0.496 e. The van der Waals surface area contributed by atoms with E-state index >= 15 is 0 Å². The van der Waals surface area contributed by atoms with Gasteiger partial charge in [0.1, 0.15) is 5.75 Å². The molecule has 10 heteroatoms. The average Bonchev–Trinajstić information content (AvgIpc) is 2.80. The zero-order valence-corrected chi connectivity index (χ0v) is 18.3. The lowest BCUT2D eigenvalue weighted by Crippen LogP contribution is -2.35. The van der Waals surface area contributed by atoms with Crippen LogP contribution in [0.4, 0.5) is 0 Å². The second-order valence-corrected chi connectivity index (χ2v) is 6.54. The van der Waals surface area contributed by atoms with Crippen molar-refractivity contribution in [3.05, 3.63) is 47.5 Å². The molecular formula is C22H26N2O8. The Labute approximate surface area is 185 Å². The zero-order chi connectivity index (χ0) is 23.7. The van der Waals surface area contributed by atoms with Crippen LogP contribution >= 0.6 is 0 Å². The van der Waals surface area contributed by atoms with Crippen molar-refractivity contribution < 1.29 is 38.1 Å². The molecule has 0 aliphatic heterocycles. The Morgan fingerprint density at radius 1 is 0.969 bits per heavy atom. The van der Waals surface area contributed by atoms with E-state index in [0.29, 0.717) is 5.75 Å². The highest BCUT2D eigenvalue weighted by Crippen LogP contribution is 2.38. The lowest BCUT2D eigenvalue weighted by Gasteiger charge is -2.17. The van der Waals surface area contributed by atoms with Gasteiger partial charge in [-0.15, -0.1) is 0 Å². The van der Waals surface area contributed by atoms with Gasteiger partial charge in [-0.3, -0.25) is 9.59 Å². The van der Waals surface area contributed by atoms with Crippen molar-refractivity contribution in [3.63, 3.8) is 0 Å². The Bertz CT molecular complexity index is 951. The highest BCUT2D eigenvalue weighted by Gasteiger charge is 2.23. The average molecular weight is 446 g/mol. The summed E-state index contributed by atoms with van der Waals surface area (Å²) in [6, 6.07) is 9.94. The summed E-state index contributed by atoms with van der Waals surface area (Å²) in [7, 11) is 4.25. The first-order valence-electron chi connectivity index (χ1n) is 9.58. The number of nitrogens with one attached hydrogen (secondary N) is 1. The smallest absolute Gasteiger partial charge is 0.339 e. The van der Waals surface area contributed by atoms with E-state index in [1.54, 1.807) is 6.07 Å². The lowest BCUT2D eigenvalue weighted by atomic mass is 10.1. The molecule has 0 saturated heterocycles. The largest absolute Gasteiger partial charge is 0.496 e. The molecule has 1 unspecified atom stereocenters. The molecule has 0 aliphatic carbocycles. The molecule has 2 rings (SSSR count). The van der Waals surface area contributed by atoms with Gasteiger partial charge in [0.2, 0.25) is 5.75 Å². The molecule has 0 saturated carbocycles. The van der Waals surface area contributed by atoms with E-state index in [2.05, 4.69) is 5.32 Å². The van der Waals surface area contributed by atoms with Crippen LogP contribution in [0.3, 0.4) is 0 Å². The molecule has 172 valence electrons. The molecule has 0 aliphatic rings. The number of amides is 2. The van der Waals surface area contributed by atoms with Crippen molar-refractivity contribution in [1.29, 1.82) is 0 Å². The van der Waals surface area contributed by atoms with Crippen molar-refractivity contribution in [1.82, 2.24) is 5.32 Å². The van der Waals surface area contributed by atoms with Crippen LogP contribution in [0, 0.1) is 0 Å². The van der Waals surface area contributed by atoms with Crippen LogP contribution in [-0.4, -0.2) is 51.8 Å². The number of benzene rings is 2. The molecule has 3 N–H and O–H groups in total. The van der Waals surface area contributed by atoms with Gasteiger partial charge in [0.05, 0.1) is 26.9 Å². The number of primary amides is 1. The summed E-state index contributed by atoms with van der Waals surface area (Å²) in [6.45, 7) is 1.26. The summed E-state index contributed by atoms with van der Waals surface area (Å²) in [5.41, 5.74) is 5.94. The van der Waals surface area contributed by atoms with E-state index in [1.807, 2.05) is 18.2 Å². The molecule has 2 aromatic rings. The fourth-order valence-corrected chi connectivity index (χ4v) is 2.74. The van der Waals surface area contributed by atoms with E-state index in [9.17, 15) is 14.4 Å². The van der Waals surface area contributed by atoms with E-state index in [4.69, 9.17) is 29.4 Å². The summed E-state index contributed by atoms with van der Waals surface area (Å²) in [4.78, 5) is 36.0. The Morgan fingerprint density at radius 2 is 1.56 bits per heavy atom. The van der Waals surface area contributed by atoms with Gasteiger partial charge in [0.25, 0.3) is 11.8 Å². The summed E-state index contributed by atoms with van der Waals surface area (Å²) in [6.07, 6.45) is -1.07. The summed E-state index contributed by atoms with van der Waals surface area (Å²) in [5.74, 6) is -0.946. The quantitative estimate of drug-likeness (QED) is 0.495. The molecule has 32 heavy (non-hydrogen) atoms. The number of hydrogen-bond acceptors (Lipinski definition) is 8. The van der Waals surface area contributed by atoms with Gasteiger partial charge in [-0.05, 0) is 25.1 Å². The van der Waals surface area contributed by atoms with Crippen molar-refractivity contribution in [2.24, 2.45) is 5.73 Å². The SMILES string of the molecule is COc1ccccc1CNC(=O)C(C)OC(=O)c1cc(OC)c(OCC(N)=O)c(OC)c1. The van der Waals surface area contributed by atoms with Gasteiger partial charge in [-0.25, -0.2) is 4.79 Å². The maximum atomic E-state index is 12.6. The molecule has 10 nitrogen and oxygen atoms in total. The van der Waals surface area contributed by atoms with Crippen LogP contribution in [-0.2, 0) is 20.9 Å². The summed E-state index contributed by atoms with van der Waals surface area (Å²) in [5, 5.41) is 2.70. The van der Waals surface area contributed by atoms with Crippen LogP contribution in [0.15, 0.2) is 36.4 Å². The molecule has 0 bridgehead atoms. The zero-order valence-electron chi connectivity index (χ0n) is 18.3. The summed E-state index contributed by atoms with van der Waals surface area (Å²) >= 11 is 0. The number of hydrogen-bond donors (Lipinski definition) is 2. The maximum absolute atomic E-state index is 12.6. The number of esters is 1. The topological polar surface area (TPSA) is 135 Å². The number of rotatable bonds is 11. The molecule has 1 atom stereocenters. The van der Waals surface area contributed by atoms with Gasteiger partial charge in [0, 0.05) is 12.1 Å². The molecule has 2 aromatic carbocycles. The third kappa shape index (κ3) is 6.27. The first-order valence-corrected chi connectivity index (χ1v) is 9.58. The molecule has 0 radical (unpaired) electrons. The van der Waals surface area contributed by atoms with E-state index < -0.39 is 30.5 Å². The Hall–Kier alpha value is -3.95. The van der Waals surface area contributed by atoms with Crippen molar-refractivity contribution in [2.45, 2.75) is 19.6 Å². The number of methoxy groups -OCH3 is 3. The molecule has 2 amide bonds. The molecule has 0 heterocycles. The fourth-order valence-electron chi connectivity index (χ4n) is 2.74. The number of carbonyl (C=O) groups excluding carboxylic acids is 3. The van der Waals surface area contributed by atoms with Gasteiger partial charge < -0.3 is 34.7 Å². The third-order valence-corrected chi connectivity index (χ3v) is 4.35. The monoisotopic (exact) mass is 446 g/mol. The third-order valence-electron chi connectivity index (χ3n) is 4.35. The van der Waals surface area contributed by atoms with Crippen LogP contribution < -0.4 is 30.0 Å². The Kier molecular flexibility index (Phi) is 8.70. The van der Waals surface area contributed by atoms with Crippen molar-refractivity contribution in [2.75, 3.05) is 27.9 Å². The molecule has 0 aromatic heterocycles. The van der Waals surface area contributed by atoms with Crippen molar-refractivity contribution in [3.8, 4) is 23.0 Å². The van der Waals surface area contributed by atoms with E-state index in [1.165, 1.54) is 40.4 Å². The minimum absolute atomic E-state index is 0.0644.